The fourth-order valence-electron chi connectivity index (χ4n) is 1.70. The smallest absolute Gasteiger partial charge is 0.269 e. The maximum absolute atomic E-state index is 11.3. The minimum atomic E-state index is -0.448. The molecule has 1 N–H and O–H groups in total. The van der Waals surface area contributed by atoms with Crippen LogP contribution in [-0.4, -0.2) is 27.3 Å². The number of hydrogen-bond donors (Lipinski definition) is 1. The number of aromatic nitrogens is 2. The third kappa shape index (κ3) is 4.88. The van der Waals surface area contributed by atoms with Gasteiger partial charge in [-0.15, -0.1) is 0 Å². The van der Waals surface area contributed by atoms with Gasteiger partial charge >= 0.3 is 0 Å². The van der Waals surface area contributed by atoms with Crippen molar-refractivity contribution in [3.63, 3.8) is 0 Å². The molecule has 0 aliphatic carbocycles. The summed E-state index contributed by atoms with van der Waals surface area (Å²) in [5.74, 6) is 1.34. The number of nitrogens with one attached hydrogen (secondary N) is 1. The molecule has 0 spiro atoms. The van der Waals surface area contributed by atoms with Crippen LogP contribution < -0.4 is 10.3 Å². The Morgan fingerprint density at radius 3 is 2.73 bits per heavy atom. The van der Waals surface area contributed by atoms with E-state index in [9.17, 15) is 14.9 Å². The fourth-order valence-corrected chi connectivity index (χ4v) is 2.54. The number of nitrogens with zero attached hydrogens (tertiary/aromatic N) is 2. The van der Waals surface area contributed by atoms with E-state index in [0.29, 0.717) is 23.2 Å². The number of thioether (sulfide) groups is 1. The first-order valence-electron chi connectivity index (χ1n) is 6.62. The highest BCUT2D eigenvalue weighted by Crippen LogP contribution is 2.18. The van der Waals surface area contributed by atoms with Crippen LogP contribution in [0.4, 0.5) is 5.69 Å². The molecule has 1 heterocycles. The van der Waals surface area contributed by atoms with Gasteiger partial charge in [0.25, 0.3) is 11.2 Å². The molecule has 0 aliphatic rings. The predicted octanol–water partition coefficient (Wildman–Crippen LogP) is 2.55. The summed E-state index contributed by atoms with van der Waals surface area (Å²) in [6.45, 7) is 2.26. The number of H-pyrrole nitrogens is 1. The van der Waals surface area contributed by atoms with E-state index in [-0.39, 0.29) is 11.2 Å². The molecule has 0 amide bonds. The summed E-state index contributed by atoms with van der Waals surface area (Å²) in [5.41, 5.74) is 0.572. The SMILES string of the molecule is Cc1cc(=O)[nH]c(SCCCOc2ccc([N+](=O)[O-])cc2)n1. The lowest BCUT2D eigenvalue weighted by Gasteiger charge is -2.05. The maximum Gasteiger partial charge on any atom is 0.269 e. The van der Waals surface area contributed by atoms with Crippen LogP contribution in [0.2, 0.25) is 0 Å². The summed E-state index contributed by atoms with van der Waals surface area (Å²) in [6.07, 6.45) is 0.763. The molecule has 0 fully saturated rings. The normalized spacial score (nSPS) is 10.4. The average Bonchev–Trinajstić information content (AvgIpc) is 2.46. The predicted molar refractivity (Wildman–Crippen MR) is 83.5 cm³/mol. The van der Waals surface area contributed by atoms with Gasteiger partial charge in [-0.05, 0) is 25.5 Å². The van der Waals surface area contributed by atoms with Gasteiger partial charge in [0.15, 0.2) is 5.16 Å². The third-order valence-electron chi connectivity index (χ3n) is 2.69. The van der Waals surface area contributed by atoms with Crippen molar-refractivity contribution in [3.8, 4) is 5.75 Å². The number of hydrogen-bond acceptors (Lipinski definition) is 6. The van der Waals surface area contributed by atoms with Gasteiger partial charge in [0, 0.05) is 29.6 Å². The lowest BCUT2D eigenvalue weighted by molar-refractivity contribution is -0.384. The summed E-state index contributed by atoms with van der Waals surface area (Å²) in [4.78, 5) is 28.2. The van der Waals surface area contributed by atoms with E-state index in [1.807, 2.05) is 0 Å². The van der Waals surface area contributed by atoms with Crippen molar-refractivity contribution < 1.29 is 9.66 Å². The number of non-ortho nitro benzene ring substituents is 1. The quantitative estimate of drug-likeness (QED) is 0.277. The molecule has 22 heavy (non-hydrogen) atoms. The van der Waals surface area contributed by atoms with E-state index in [0.717, 1.165) is 12.2 Å². The summed E-state index contributed by atoms with van der Waals surface area (Å²) in [7, 11) is 0. The van der Waals surface area contributed by atoms with Crippen LogP contribution >= 0.6 is 11.8 Å². The van der Waals surface area contributed by atoms with Gasteiger partial charge in [-0.2, -0.15) is 0 Å². The Morgan fingerprint density at radius 2 is 2.09 bits per heavy atom. The van der Waals surface area contributed by atoms with Gasteiger partial charge in [-0.1, -0.05) is 11.8 Å². The summed E-state index contributed by atoms with van der Waals surface area (Å²) >= 11 is 1.45. The molecule has 2 rings (SSSR count). The number of ether oxygens (including phenoxy) is 1. The molecule has 0 radical (unpaired) electrons. The summed E-state index contributed by atoms with van der Waals surface area (Å²) < 4.78 is 5.50. The van der Waals surface area contributed by atoms with Gasteiger partial charge in [0.05, 0.1) is 11.5 Å². The van der Waals surface area contributed by atoms with Crippen LogP contribution in [0.15, 0.2) is 40.3 Å². The van der Waals surface area contributed by atoms with E-state index >= 15 is 0 Å². The third-order valence-corrected chi connectivity index (χ3v) is 3.65. The first kappa shape index (κ1) is 16.0. The zero-order valence-corrected chi connectivity index (χ0v) is 12.8. The molecule has 0 saturated heterocycles. The van der Waals surface area contributed by atoms with E-state index < -0.39 is 4.92 Å². The average molecular weight is 321 g/mol. The van der Waals surface area contributed by atoms with Crippen LogP contribution in [0.25, 0.3) is 0 Å². The number of nitro benzene ring substituents is 1. The number of aryl methyl sites for hydroxylation is 1. The van der Waals surface area contributed by atoms with E-state index in [4.69, 9.17) is 4.74 Å². The van der Waals surface area contributed by atoms with E-state index in [1.165, 1.54) is 30.0 Å². The molecular weight excluding hydrogens is 306 g/mol. The van der Waals surface area contributed by atoms with E-state index in [2.05, 4.69) is 9.97 Å². The minimum Gasteiger partial charge on any atom is -0.494 e. The molecule has 0 unspecified atom stereocenters. The molecule has 0 bridgehead atoms. The van der Waals surface area contributed by atoms with Gasteiger partial charge in [0.2, 0.25) is 0 Å². The molecule has 0 aliphatic heterocycles. The molecule has 2 aromatic rings. The molecule has 1 aromatic carbocycles. The van der Waals surface area contributed by atoms with Crippen molar-refractivity contribution in [1.29, 1.82) is 0 Å². The monoisotopic (exact) mass is 321 g/mol. The van der Waals surface area contributed by atoms with Gasteiger partial charge in [-0.25, -0.2) is 4.98 Å². The summed E-state index contributed by atoms with van der Waals surface area (Å²) in [6, 6.07) is 7.41. The Kier molecular flexibility index (Phi) is 5.54. The van der Waals surface area contributed by atoms with Crippen molar-refractivity contribution >= 4 is 17.4 Å². The van der Waals surface area contributed by atoms with Crippen LogP contribution in [0, 0.1) is 17.0 Å². The zero-order chi connectivity index (χ0) is 15.9. The van der Waals surface area contributed by atoms with Crippen molar-refractivity contribution in [2.75, 3.05) is 12.4 Å². The topological polar surface area (TPSA) is 98.1 Å². The number of nitro groups is 1. The number of rotatable bonds is 7. The highest BCUT2D eigenvalue weighted by atomic mass is 32.2. The van der Waals surface area contributed by atoms with Crippen LogP contribution in [-0.2, 0) is 0 Å². The maximum atomic E-state index is 11.3. The minimum absolute atomic E-state index is 0.0392. The lowest BCUT2D eigenvalue weighted by atomic mass is 10.3. The second-order valence-corrected chi connectivity index (χ2v) is 5.58. The Labute approximate surface area is 130 Å². The molecule has 116 valence electrons. The Bertz CT molecular complexity index is 700. The largest absolute Gasteiger partial charge is 0.494 e. The standard InChI is InChI=1S/C14H15N3O4S/c1-10-9-13(18)16-14(15-10)22-8-2-7-21-12-5-3-11(4-6-12)17(19)20/h3-6,9H,2,7-8H2,1H3,(H,15,16,18). The van der Waals surface area contributed by atoms with Crippen LogP contribution in [0.3, 0.4) is 0 Å². The van der Waals surface area contributed by atoms with Gasteiger partial charge in [0.1, 0.15) is 5.75 Å². The molecule has 0 atom stereocenters. The second kappa shape index (κ2) is 7.60. The first-order valence-corrected chi connectivity index (χ1v) is 7.61. The zero-order valence-electron chi connectivity index (χ0n) is 11.9. The number of benzene rings is 1. The van der Waals surface area contributed by atoms with Crippen molar-refractivity contribution in [3.05, 3.63) is 56.5 Å². The molecule has 1 aromatic heterocycles. The highest BCUT2D eigenvalue weighted by Gasteiger charge is 2.04. The van der Waals surface area contributed by atoms with Gasteiger partial charge < -0.3 is 9.72 Å². The highest BCUT2D eigenvalue weighted by molar-refractivity contribution is 7.99. The Hall–Kier alpha value is -2.35. The summed E-state index contributed by atoms with van der Waals surface area (Å²) in [5, 5.41) is 11.1. The van der Waals surface area contributed by atoms with Crippen molar-refractivity contribution in [1.82, 2.24) is 9.97 Å². The first-order chi connectivity index (χ1) is 10.5. The van der Waals surface area contributed by atoms with Crippen molar-refractivity contribution in [2.45, 2.75) is 18.5 Å². The lowest BCUT2D eigenvalue weighted by Crippen LogP contribution is -2.08. The Balaban J connectivity index is 1.73. The molecule has 0 saturated carbocycles. The Morgan fingerprint density at radius 1 is 1.36 bits per heavy atom. The van der Waals surface area contributed by atoms with E-state index in [1.54, 1.807) is 19.1 Å². The van der Waals surface area contributed by atoms with Crippen LogP contribution in [0.1, 0.15) is 12.1 Å². The van der Waals surface area contributed by atoms with Crippen molar-refractivity contribution in [2.24, 2.45) is 0 Å². The fraction of sp³-hybridized carbons (Fsp3) is 0.286. The number of aromatic amines is 1. The second-order valence-electron chi connectivity index (χ2n) is 4.49. The molecule has 8 heteroatoms. The van der Waals surface area contributed by atoms with Gasteiger partial charge in [-0.3, -0.25) is 14.9 Å². The molecule has 7 nitrogen and oxygen atoms in total. The van der Waals surface area contributed by atoms with Crippen LogP contribution in [0.5, 0.6) is 5.75 Å². The molecular formula is C14H15N3O4S.